The second kappa shape index (κ2) is 4.91. The number of nitrogens with zero attached hydrogens (tertiary/aromatic N) is 1. The predicted molar refractivity (Wildman–Crippen MR) is 59.7 cm³/mol. The number of nitrogens with one attached hydrogen (secondary N) is 1. The summed E-state index contributed by atoms with van der Waals surface area (Å²) in [6.07, 6.45) is 4.28. The monoisotopic (exact) mass is 188 g/mol. The summed E-state index contributed by atoms with van der Waals surface area (Å²) in [7, 11) is 0. The zero-order chi connectivity index (χ0) is 9.64. The molecule has 1 aromatic carbocycles. The van der Waals surface area contributed by atoms with Crippen LogP contribution in [0.3, 0.4) is 0 Å². The van der Waals surface area contributed by atoms with Crippen molar-refractivity contribution in [3.63, 3.8) is 0 Å². The van der Waals surface area contributed by atoms with Crippen LogP contribution >= 0.6 is 0 Å². The molecule has 1 aliphatic heterocycles. The summed E-state index contributed by atoms with van der Waals surface area (Å²) in [4.78, 5) is 4.22. The first-order chi connectivity index (χ1) is 6.95. The SMILES string of the molecule is C1=NCCC(NCc2ccccc2)C1. The van der Waals surface area contributed by atoms with E-state index in [1.54, 1.807) is 0 Å². The van der Waals surface area contributed by atoms with Crippen LogP contribution in [0, 0.1) is 0 Å². The highest BCUT2D eigenvalue weighted by atomic mass is 14.9. The van der Waals surface area contributed by atoms with Crippen LogP contribution in [0.25, 0.3) is 0 Å². The first-order valence-electron chi connectivity index (χ1n) is 5.21. The lowest BCUT2D eigenvalue weighted by atomic mass is 10.1. The Morgan fingerprint density at radius 1 is 1.29 bits per heavy atom. The molecule has 14 heavy (non-hydrogen) atoms. The molecule has 2 rings (SSSR count). The van der Waals surface area contributed by atoms with Crippen LogP contribution in [0.5, 0.6) is 0 Å². The minimum absolute atomic E-state index is 0.618. The first-order valence-corrected chi connectivity index (χ1v) is 5.21. The number of rotatable bonds is 3. The van der Waals surface area contributed by atoms with Gasteiger partial charge in [-0.15, -0.1) is 0 Å². The fourth-order valence-electron chi connectivity index (χ4n) is 1.68. The molecule has 0 bridgehead atoms. The van der Waals surface area contributed by atoms with Crippen LogP contribution in [0.4, 0.5) is 0 Å². The van der Waals surface area contributed by atoms with Crippen molar-refractivity contribution >= 4 is 6.21 Å². The van der Waals surface area contributed by atoms with Crippen molar-refractivity contribution in [2.75, 3.05) is 6.54 Å². The van der Waals surface area contributed by atoms with Gasteiger partial charge in [0.15, 0.2) is 0 Å². The Morgan fingerprint density at radius 2 is 2.14 bits per heavy atom. The molecule has 2 heteroatoms. The molecule has 0 saturated carbocycles. The van der Waals surface area contributed by atoms with Crippen LogP contribution in [-0.2, 0) is 6.54 Å². The van der Waals surface area contributed by atoms with E-state index in [1.807, 2.05) is 6.21 Å². The standard InChI is InChI=1S/C12H16N2/c1-2-4-11(5-3-1)10-14-12-6-8-13-9-7-12/h1-5,8,12,14H,6-7,9-10H2. The van der Waals surface area contributed by atoms with Gasteiger partial charge in [-0.25, -0.2) is 0 Å². The topological polar surface area (TPSA) is 24.4 Å². The lowest BCUT2D eigenvalue weighted by molar-refractivity contribution is 0.489. The highest BCUT2D eigenvalue weighted by Gasteiger charge is 2.08. The summed E-state index contributed by atoms with van der Waals surface area (Å²) in [6.45, 7) is 1.95. The van der Waals surface area contributed by atoms with Gasteiger partial charge in [-0.1, -0.05) is 30.3 Å². The van der Waals surface area contributed by atoms with Crippen molar-refractivity contribution in [3.05, 3.63) is 35.9 Å². The summed E-state index contributed by atoms with van der Waals surface area (Å²) >= 11 is 0. The van der Waals surface area contributed by atoms with Gasteiger partial charge >= 0.3 is 0 Å². The molecule has 1 N–H and O–H groups in total. The molecule has 2 nitrogen and oxygen atoms in total. The van der Waals surface area contributed by atoms with Gasteiger partial charge in [0.05, 0.1) is 0 Å². The predicted octanol–water partition coefficient (Wildman–Crippen LogP) is 2.01. The third-order valence-electron chi connectivity index (χ3n) is 2.56. The van der Waals surface area contributed by atoms with E-state index in [0.717, 1.165) is 19.5 Å². The third-order valence-corrected chi connectivity index (χ3v) is 2.56. The van der Waals surface area contributed by atoms with Gasteiger partial charge in [0.1, 0.15) is 0 Å². The van der Waals surface area contributed by atoms with Crippen LogP contribution < -0.4 is 5.32 Å². The average Bonchev–Trinajstić information content (AvgIpc) is 2.29. The molecule has 0 saturated heterocycles. The molecule has 1 atom stereocenters. The molecule has 0 amide bonds. The first kappa shape index (κ1) is 9.41. The minimum atomic E-state index is 0.618. The van der Waals surface area contributed by atoms with Crippen LogP contribution in [0.2, 0.25) is 0 Å². The Morgan fingerprint density at radius 3 is 2.86 bits per heavy atom. The molecule has 1 heterocycles. The van der Waals surface area contributed by atoms with Gasteiger partial charge in [0.25, 0.3) is 0 Å². The fraction of sp³-hybridized carbons (Fsp3) is 0.417. The maximum absolute atomic E-state index is 4.22. The van der Waals surface area contributed by atoms with E-state index in [-0.39, 0.29) is 0 Å². The molecule has 1 aromatic rings. The normalized spacial score (nSPS) is 21.0. The molecular formula is C12H16N2. The fourth-order valence-corrected chi connectivity index (χ4v) is 1.68. The Hall–Kier alpha value is -1.15. The molecule has 0 aliphatic carbocycles. The molecule has 0 aromatic heterocycles. The zero-order valence-corrected chi connectivity index (χ0v) is 8.32. The lowest BCUT2D eigenvalue weighted by Crippen LogP contribution is -2.31. The number of hydrogen-bond acceptors (Lipinski definition) is 2. The summed E-state index contributed by atoms with van der Waals surface area (Å²) in [6, 6.07) is 11.1. The quantitative estimate of drug-likeness (QED) is 0.771. The number of hydrogen-bond donors (Lipinski definition) is 1. The molecule has 0 spiro atoms. The summed E-state index contributed by atoms with van der Waals surface area (Å²) in [5, 5.41) is 3.55. The summed E-state index contributed by atoms with van der Waals surface area (Å²) < 4.78 is 0. The van der Waals surface area contributed by atoms with E-state index < -0.39 is 0 Å². The van der Waals surface area contributed by atoms with E-state index in [4.69, 9.17) is 0 Å². The van der Waals surface area contributed by atoms with Gasteiger partial charge in [-0.2, -0.15) is 0 Å². The van der Waals surface area contributed by atoms with Crippen molar-refractivity contribution in [1.29, 1.82) is 0 Å². The van der Waals surface area contributed by atoms with Crippen molar-refractivity contribution < 1.29 is 0 Å². The second-order valence-corrected chi connectivity index (χ2v) is 3.68. The van der Waals surface area contributed by atoms with E-state index >= 15 is 0 Å². The van der Waals surface area contributed by atoms with Gasteiger partial charge < -0.3 is 5.32 Å². The molecule has 1 unspecified atom stereocenters. The van der Waals surface area contributed by atoms with Gasteiger partial charge in [0, 0.05) is 25.3 Å². The minimum Gasteiger partial charge on any atom is -0.309 e. The summed E-state index contributed by atoms with van der Waals surface area (Å²) in [5.41, 5.74) is 1.36. The van der Waals surface area contributed by atoms with E-state index in [1.165, 1.54) is 12.0 Å². The highest BCUT2D eigenvalue weighted by molar-refractivity contribution is 5.59. The maximum Gasteiger partial charge on any atom is 0.0400 e. The average molecular weight is 188 g/mol. The van der Waals surface area contributed by atoms with Gasteiger partial charge in [-0.05, 0) is 18.4 Å². The largest absolute Gasteiger partial charge is 0.309 e. The number of aliphatic imine (C=N–C) groups is 1. The molecular weight excluding hydrogens is 172 g/mol. The molecule has 0 fully saturated rings. The third kappa shape index (κ3) is 2.67. The second-order valence-electron chi connectivity index (χ2n) is 3.68. The van der Waals surface area contributed by atoms with Crippen molar-refractivity contribution in [3.8, 4) is 0 Å². The van der Waals surface area contributed by atoms with Crippen molar-refractivity contribution in [2.45, 2.75) is 25.4 Å². The van der Waals surface area contributed by atoms with Crippen LogP contribution in [0.1, 0.15) is 18.4 Å². The number of benzene rings is 1. The van der Waals surface area contributed by atoms with E-state index in [2.05, 4.69) is 40.6 Å². The van der Waals surface area contributed by atoms with Crippen LogP contribution in [-0.4, -0.2) is 18.8 Å². The lowest BCUT2D eigenvalue weighted by Gasteiger charge is -2.18. The van der Waals surface area contributed by atoms with Crippen LogP contribution in [0.15, 0.2) is 35.3 Å². The van der Waals surface area contributed by atoms with E-state index in [0.29, 0.717) is 6.04 Å². The molecule has 0 radical (unpaired) electrons. The Bertz CT molecular complexity index is 292. The van der Waals surface area contributed by atoms with Gasteiger partial charge in [-0.3, -0.25) is 4.99 Å². The Balaban J connectivity index is 1.80. The molecule has 74 valence electrons. The highest BCUT2D eigenvalue weighted by Crippen LogP contribution is 2.04. The smallest absolute Gasteiger partial charge is 0.0400 e. The van der Waals surface area contributed by atoms with Crippen molar-refractivity contribution in [2.24, 2.45) is 4.99 Å². The maximum atomic E-state index is 4.22. The van der Waals surface area contributed by atoms with Crippen molar-refractivity contribution in [1.82, 2.24) is 5.32 Å². The Labute approximate surface area is 85.1 Å². The van der Waals surface area contributed by atoms with E-state index in [9.17, 15) is 0 Å². The molecule has 1 aliphatic rings. The Kier molecular flexibility index (Phi) is 3.30. The van der Waals surface area contributed by atoms with Gasteiger partial charge in [0.2, 0.25) is 0 Å². The summed E-state index contributed by atoms with van der Waals surface area (Å²) in [5.74, 6) is 0. The zero-order valence-electron chi connectivity index (χ0n) is 8.32.